The Hall–Kier alpha value is -3.22. The van der Waals surface area contributed by atoms with E-state index < -0.39 is 40.7 Å². The minimum absolute atomic E-state index is 0.0384. The van der Waals surface area contributed by atoms with Crippen LogP contribution in [-0.4, -0.2) is 61.4 Å². The minimum atomic E-state index is -4.20. The van der Waals surface area contributed by atoms with Crippen LogP contribution in [0.3, 0.4) is 0 Å². The van der Waals surface area contributed by atoms with E-state index in [2.05, 4.69) is 0 Å². The van der Waals surface area contributed by atoms with Gasteiger partial charge >= 0.3 is 0 Å². The zero-order valence-electron chi connectivity index (χ0n) is 16.3. The van der Waals surface area contributed by atoms with E-state index in [-0.39, 0.29) is 34.1 Å². The number of nitrogens with zero attached hydrogens (tertiary/aromatic N) is 3. The molecule has 0 spiro atoms. The molecule has 9 nitrogen and oxygen atoms in total. The largest absolute Gasteiger partial charge is 0.495 e. The van der Waals surface area contributed by atoms with Crippen LogP contribution in [0.4, 0.5) is 4.39 Å². The second-order valence-corrected chi connectivity index (χ2v) is 8.80. The van der Waals surface area contributed by atoms with Gasteiger partial charge in [0, 0.05) is 12.6 Å². The van der Waals surface area contributed by atoms with Crippen molar-refractivity contribution in [2.75, 3.05) is 26.8 Å². The van der Waals surface area contributed by atoms with Crippen LogP contribution in [0.15, 0.2) is 41.3 Å². The van der Waals surface area contributed by atoms with Crippen LogP contribution in [0.5, 0.6) is 11.5 Å². The van der Waals surface area contributed by atoms with Crippen molar-refractivity contribution >= 4 is 10.0 Å². The number of aliphatic hydroxyl groups excluding tert-OH is 1. The Morgan fingerprint density at radius 3 is 2.58 bits per heavy atom. The van der Waals surface area contributed by atoms with Gasteiger partial charge in [-0.25, -0.2) is 12.8 Å². The quantitative estimate of drug-likeness (QED) is 0.660. The molecular weight excluding hydrogens is 429 g/mol. The number of hydrogen-bond acceptors (Lipinski definition) is 8. The van der Waals surface area contributed by atoms with E-state index in [1.807, 2.05) is 6.07 Å². The Labute approximate surface area is 178 Å². The van der Waals surface area contributed by atoms with Gasteiger partial charge in [-0.3, -0.25) is 0 Å². The summed E-state index contributed by atoms with van der Waals surface area (Å²) in [5, 5.41) is 38.3. The monoisotopic (exact) mass is 447 g/mol. The lowest BCUT2D eigenvalue weighted by molar-refractivity contribution is -0.0641. The van der Waals surface area contributed by atoms with Gasteiger partial charge in [0.15, 0.2) is 0 Å². The Morgan fingerprint density at radius 1 is 1.26 bits per heavy atom. The van der Waals surface area contributed by atoms with Gasteiger partial charge in [0.05, 0.1) is 37.5 Å². The molecule has 1 saturated heterocycles. The van der Waals surface area contributed by atoms with E-state index in [0.29, 0.717) is 0 Å². The molecule has 2 aromatic rings. The van der Waals surface area contributed by atoms with E-state index >= 15 is 0 Å². The van der Waals surface area contributed by atoms with Crippen molar-refractivity contribution in [3.63, 3.8) is 0 Å². The third kappa shape index (κ3) is 4.17. The van der Waals surface area contributed by atoms with E-state index in [9.17, 15) is 23.0 Å². The van der Waals surface area contributed by atoms with Crippen molar-refractivity contribution in [2.24, 2.45) is 0 Å². The maximum absolute atomic E-state index is 13.9. The molecule has 0 radical (unpaired) electrons. The molecule has 0 bridgehead atoms. The number of rotatable bonds is 6. The maximum atomic E-state index is 13.9. The highest BCUT2D eigenvalue weighted by atomic mass is 32.2. The first-order valence-corrected chi connectivity index (χ1v) is 10.4. The van der Waals surface area contributed by atoms with E-state index in [0.717, 1.165) is 10.4 Å². The van der Waals surface area contributed by atoms with Crippen molar-refractivity contribution in [3.8, 4) is 23.6 Å². The number of ether oxygens (including phenoxy) is 2. The molecule has 1 aliphatic heterocycles. The third-order valence-corrected chi connectivity index (χ3v) is 6.79. The number of β-amino-alcohol motifs (C(OH)–C–C–N with tert-alkyl or cyclic N) is 1. The summed E-state index contributed by atoms with van der Waals surface area (Å²) in [5.41, 5.74) is -1.96. The molecule has 0 aliphatic carbocycles. The SMILES string of the molecule is COc1cc(C#N)ccc1S(=O)(=O)N1C[C@H](Oc2ccc(C#N)c(F)c2)[C@](O)(CO)C1. The number of halogens is 1. The van der Waals surface area contributed by atoms with Crippen LogP contribution >= 0.6 is 0 Å². The molecule has 31 heavy (non-hydrogen) atoms. The zero-order chi connectivity index (χ0) is 22.8. The average molecular weight is 447 g/mol. The van der Waals surface area contributed by atoms with Crippen molar-refractivity contribution in [1.29, 1.82) is 10.5 Å². The molecule has 0 amide bonds. The summed E-state index contributed by atoms with van der Waals surface area (Å²) in [7, 11) is -2.94. The molecule has 1 aliphatic rings. The molecule has 2 N–H and O–H groups in total. The van der Waals surface area contributed by atoms with E-state index in [1.54, 1.807) is 6.07 Å². The Morgan fingerprint density at radius 2 is 2.00 bits per heavy atom. The van der Waals surface area contributed by atoms with Gasteiger partial charge in [-0.05, 0) is 30.3 Å². The Kier molecular flexibility index (Phi) is 6.15. The first-order valence-electron chi connectivity index (χ1n) is 8.96. The summed E-state index contributed by atoms with van der Waals surface area (Å²) in [6.07, 6.45) is -1.22. The predicted octanol–water partition coefficient (Wildman–Crippen LogP) is 0.753. The van der Waals surface area contributed by atoms with Gasteiger partial charge in [0.25, 0.3) is 0 Å². The molecule has 1 fully saturated rings. The van der Waals surface area contributed by atoms with Crippen LogP contribution in [0, 0.1) is 28.5 Å². The van der Waals surface area contributed by atoms with Crippen molar-refractivity contribution in [2.45, 2.75) is 16.6 Å². The number of methoxy groups -OCH3 is 1. The summed E-state index contributed by atoms with van der Waals surface area (Å²) >= 11 is 0. The number of aliphatic hydroxyl groups is 2. The highest BCUT2D eigenvalue weighted by molar-refractivity contribution is 7.89. The van der Waals surface area contributed by atoms with E-state index in [4.69, 9.17) is 20.0 Å². The number of sulfonamides is 1. The van der Waals surface area contributed by atoms with E-state index in [1.165, 1.54) is 37.4 Å². The van der Waals surface area contributed by atoms with Gasteiger partial charge in [0.2, 0.25) is 10.0 Å². The highest BCUT2D eigenvalue weighted by Crippen LogP contribution is 2.34. The third-order valence-electron chi connectivity index (χ3n) is 4.94. The Balaban J connectivity index is 1.92. The fourth-order valence-corrected chi connectivity index (χ4v) is 4.86. The van der Waals surface area contributed by atoms with Crippen molar-refractivity contribution in [3.05, 3.63) is 53.3 Å². The summed E-state index contributed by atoms with van der Waals surface area (Å²) in [5.74, 6) is -0.925. The molecule has 3 rings (SSSR count). The number of hydrogen-bond donors (Lipinski definition) is 2. The summed E-state index contributed by atoms with van der Waals surface area (Å²) in [4.78, 5) is -0.223. The van der Waals surface area contributed by atoms with Crippen LogP contribution in [0.25, 0.3) is 0 Å². The standard InChI is InChI=1S/C20H18FN3O6S/c1-29-17-6-13(8-22)2-5-18(17)31(27,28)24-10-19(20(26,11-24)12-25)30-15-4-3-14(9-23)16(21)7-15/h2-7,19,25-26H,10-12H2,1H3/t19-,20+/m0/s1. The first kappa shape index (κ1) is 22.5. The highest BCUT2D eigenvalue weighted by Gasteiger charge is 2.51. The second kappa shape index (κ2) is 8.49. The normalized spacial score (nSPS) is 21.3. The van der Waals surface area contributed by atoms with Gasteiger partial charge in [-0.15, -0.1) is 0 Å². The lowest BCUT2D eigenvalue weighted by Crippen LogP contribution is -2.48. The van der Waals surface area contributed by atoms with Crippen LogP contribution in [-0.2, 0) is 10.0 Å². The molecule has 2 aromatic carbocycles. The van der Waals surface area contributed by atoms with Crippen LogP contribution < -0.4 is 9.47 Å². The lowest BCUT2D eigenvalue weighted by Gasteiger charge is -2.27. The lowest BCUT2D eigenvalue weighted by atomic mass is 10.0. The Bertz CT molecular complexity index is 1190. The minimum Gasteiger partial charge on any atom is -0.495 e. The number of benzene rings is 2. The zero-order valence-corrected chi connectivity index (χ0v) is 17.1. The van der Waals surface area contributed by atoms with Gasteiger partial charge in [-0.2, -0.15) is 14.8 Å². The maximum Gasteiger partial charge on any atom is 0.246 e. The molecule has 0 saturated carbocycles. The fraction of sp³-hybridized carbons (Fsp3) is 0.300. The van der Waals surface area contributed by atoms with Gasteiger partial charge in [-0.1, -0.05) is 0 Å². The molecule has 0 aromatic heterocycles. The van der Waals surface area contributed by atoms with Gasteiger partial charge in [0.1, 0.15) is 40.0 Å². The van der Waals surface area contributed by atoms with Crippen LogP contribution in [0.2, 0.25) is 0 Å². The van der Waals surface area contributed by atoms with Crippen molar-refractivity contribution < 1.29 is 32.5 Å². The molecule has 11 heteroatoms. The summed E-state index contributed by atoms with van der Waals surface area (Å²) in [6, 6.07) is 10.8. The predicted molar refractivity (Wildman–Crippen MR) is 104 cm³/mol. The molecule has 1 heterocycles. The number of nitriles is 2. The topological polar surface area (TPSA) is 144 Å². The first-order chi connectivity index (χ1) is 14.7. The fourth-order valence-electron chi connectivity index (χ4n) is 3.22. The smallest absolute Gasteiger partial charge is 0.246 e. The average Bonchev–Trinajstić information content (AvgIpc) is 3.11. The molecule has 2 atom stereocenters. The summed E-state index contributed by atoms with van der Waals surface area (Å²) in [6.45, 7) is -1.64. The molecule has 0 unspecified atom stereocenters. The van der Waals surface area contributed by atoms with Crippen LogP contribution in [0.1, 0.15) is 11.1 Å². The molecular formula is C20H18FN3O6S. The summed E-state index contributed by atoms with van der Waals surface area (Å²) < 4.78 is 51.8. The second-order valence-electron chi connectivity index (χ2n) is 6.90. The molecule has 162 valence electrons. The van der Waals surface area contributed by atoms with Crippen molar-refractivity contribution in [1.82, 2.24) is 4.31 Å². The van der Waals surface area contributed by atoms with Gasteiger partial charge < -0.3 is 19.7 Å².